The van der Waals surface area contributed by atoms with E-state index < -0.39 is 6.04 Å². The van der Waals surface area contributed by atoms with Crippen LogP contribution in [-0.2, 0) is 14.3 Å². The molecule has 1 aliphatic heterocycles. The second kappa shape index (κ2) is 8.67. The van der Waals surface area contributed by atoms with Gasteiger partial charge < -0.3 is 20.7 Å². The van der Waals surface area contributed by atoms with E-state index in [0.29, 0.717) is 28.7 Å². The second-order valence-corrected chi connectivity index (χ2v) is 6.56. The number of nitrogens with one attached hydrogen (secondary N) is 1. The van der Waals surface area contributed by atoms with Crippen LogP contribution in [0.3, 0.4) is 0 Å². The maximum atomic E-state index is 12.5. The summed E-state index contributed by atoms with van der Waals surface area (Å²) < 4.78 is 5.15. The van der Waals surface area contributed by atoms with Crippen LogP contribution in [0.15, 0.2) is 18.2 Å². The van der Waals surface area contributed by atoms with E-state index in [-0.39, 0.29) is 30.9 Å². The number of benzene rings is 1. The van der Waals surface area contributed by atoms with Gasteiger partial charge in [-0.05, 0) is 31.0 Å². The van der Waals surface area contributed by atoms with Gasteiger partial charge in [0, 0.05) is 35.9 Å². The molecule has 1 aromatic carbocycles. The molecule has 2 unspecified atom stereocenters. The zero-order chi connectivity index (χ0) is 17.7. The average Bonchev–Trinajstić information content (AvgIpc) is 3.01. The quantitative estimate of drug-likeness (QED) is 0.800. The van der Waals surface area contributed by atoms with E-state index in [1.165, 1.54) is 7.11 Å². The number of methoxy groups -OCH3 is 1. The monoisotopic (exact) mass is 373 g/mol. The molecule has 1 aliphatic rings. The minimum absolute atomic E-state index is 0.130. The Balaban J connectivity index is 2.03. The van der Waals surface area contributed by atoms with Gasteiger partial charge in [0.15, 0.2) is 0 Å². The van der Waals surface area contributed by atoms with Gasteiger partial charge in [-0.15, -0.1) is 0 Å². The first kappa shape index (κ1) is 19.0. The normalized spacial score (nSPS) is 18.5. The third kappa shape index (κ3) is 4.83. The SMILES string of the molecule is COC(CN)CC(=O)N1CCCC1C(=O)Nc1cc(Cl)cc(Cl)c1. The number of anilines is 1. The molecule has 0 bridgehead atoms. The molecule has 2 atom stereocenters. The van der Waals surface area contributed by atoms with E-state index in [1.54, 1.807) is 23.1 Å². The molecule has 24 heavy (non-hydrogen) atoms. The van der Waals surface area contributed by atoms with E-state index in [1.807, 2.05) is 0 Å². The van der Waals surface area contributed by atoms with Crippen LogP contribution in [0.1, 0.15) is 19.3 Å². The fourth-order valence-electron chi connectivity index (χ4n) is 2.76. The fraction of sp³-hybridized carbons (Fsp3) is 0.500. The molecule has 8 heteroatoms. The first-order valence-corrected chi connectivity index (χ1v) is 8.49. The molecule has 1 saturated heterocycles. The highest BCUT2D eigenvalue weighted by atomic mass is 35.5. The maximum Gasteiger partial charge on any atom is 0.247 e. The number of amides is 2. The highest BCUT2D eigenvalue weighted by molar-refractivity contribution is 6.35. The highest BCUT2D eigenvalue weighted by Gasteiger charge is 2.34. The Bertz CT molecular complexity index is 588. The molecule has 2 amide bonds. The smallest absolute Gasteiger partial charge is 0.247 e. The van der Waals surface area contributed by atoms with Gasteiger partial charge in [-0.25, -0.2) is 0 Å². The van der Waals surface area contributed by atoms with Crippen molar-refractivity contribution in [2.24, 2.45) is 5.73 Å². The zero-order valence-corrected chi connectivity index (χ0v) is 14.9. The number of ether oxygens (including phenoxy) is 1. The van der Waals surface area contributed by atoms with Crippen molar-refractivity contribution < 1.29 is 14.3 Å². The summed E-state index contributed by atoms with van der Waals surface area (Å²) in [5.74, 6) is -0.380. The van der Waals surface area contributed by atoms with Crippen molar-refractivity contribution in [2.75, 3.05) is 25.5 Å². The molecule has 0 radical (unpaired) electrons. The van der Waals surface area contributed by atoms with Gasteiger partial charge in [0.2, 0.25) is 11.8 Å². The average molecular weight is 374 g/mol. The first-order chi connectivity index (χ1) is 11.4. The summed E-state index contributed by atoms with van der Waals surface area (Å²) in [6.45, 7) is 0.808. The number of nitrogens with zero attached hydrogens (tertiary/aromatic N) is 1. The minimum atomic E-state index is -0.509. The molecule has 3 N–H and O–H groups in total. The molecule has 0 spiro atoms. The molecule has 1 fully saturated rings. The van der Waals surface area contributed by atoms with Crippen molar-refractivity contribution in [2.45, 2.75) is 31.4 Å². The van der Waals surface area contributed by atoms with Crippen molar-refractivity contribution in [1.29, 1.82) is 0 Å². The summed E-state index contributed by atoms with van der Waals surface area (Å²) in [4.78, 5) is 26.5. The molecule has 0 saturated carbocycles. The molecule has 6 nitrogen and oxygen atoms in total. The lowest BCUT2D eigenvalue weighted by Crippen LogP contribution is -2.44. The molecule has 1 aromatic rings. The van der Waals surface area contributed by atoms with E-state index in [0.717, 1.165) is 6.42 Å². The summed E-state index contributed by atoms with van der Waals surface area (Å²) >= 11 is 11.9. The Morgan fingerprint density at radius 1 is 1.38 bits per heavy atom. The topological polar surface area (TPSA) is 84.7 Å². The minimum Gasteiger partial charge on any atom is -0.380 e. The van der Waals surface area contributed by atoms with Crippen LogP contribution in [0.25, 0.3) is 0 Å². The predicted molar refractivity (Wildman–Crippen MR) is 94.3 cm³/mol. The second-order valence-electron chi connectivity index (χ2n) is 5.69. The van der Waals surface area contributed by atoms with Gasteiger partial charge in [-0.2, -0.15) is 0 Å². The number of hydrogen-bond acceptors (Lipinski definition) is 4. The number of nitrogens with two attached hydrogens (primary N) is 1. The van der Waals surface area contributed by atoms with Gasteiger partial charge in [0.1, 0.15) is 6.04 Å². The first-order valence-electron chi connectivity index (χ1n) is 7.74. The van der Waals surface area contributed by atoms with Crippen LogP contribution < -0.4 is 11.1 Å². The van der Waals surface area contributed by atoms with E-state index in [2.05, 4.69) is 5.32 Å². The van der Waals surface area contributed by atoms with Crippen molar-refractivity contribution >= 4 is 40.7 Å². The standard InChI is InChI=1S/C16H21Cl2N3O3/c1-24-13(9-19)8-15(22)21-4-2-3-14(21)16(23)20-12-6-10(17)5-11(18)7-12/h5-7,13-14H,2-4,8-9,19H2,1H3,(H,20,23). The van der Waals surface area contributed by atoms with Gasteiger partial charge in [0.25, 0.3) is 0 Å². The third-order valence-electron chi connectivity index (χ3n) is 4.00. The van der Waals surface area contributed by atoms with Crippen LogP contribution >= 0.6 is 23.2 Å². The number of hydrogen-bond donors (Lipinski definition) is 2. The summed E-state index contributed by atoms with van der Waals surface area (Å²) in [5, 5.41) is 3.64. The zero-order valence-electron chi connectivity index (χ0n) is 13.4. The summed E-state index contributed by atoms with van der Waals surface area (Å²) in [7, 11) is 1.52. The molecule has 2 rings (SSSR count). The van der Waals surface area contributed by atoms with Crippen molar-refractivity contribution in [1.82, 2.24) is 4.90 Å². The molecule has 1 heterocycles. The Hall–Kier alpha value is -1.34. The molecule has 132 valence electrons. The highest BCUT2D eigenvalue weighted by Crippen LogP contribution is 2.25. The van der Waals surface area contributed by atoms with Crippen molar-refractivity contribution in [3.8, 4) is 0 Å². The summed E-state index contributed by atoms with van der Waals surface area (Å²) in [6, 6.07) is 4.30. The van der Waals surface area contributed by atoms with Crippen molar-refractivity contribution in [3.63, 3.8) is 0 Å². The molecular weight excluding hydrogens is 353 g/mol. The van der Waals surface area contributed by atoms with Crippen LogP contribution in [0, 0.1) is 0 Å². The van der Waals surface area contributed by atoms with Crippen LogP contribution in [-0.4, -0.2) is 49.1 Å². The predicted octanol–water partition coefficient (Wildman–Crippen LogP) is 2.29. The summed E-state index contributed by atoms with van der Waals surface area (Å²) in [6.07, 6.45) is 1.22. The lowest BCUT2D eigenvalue weighted by molar-refractivity contribution is -0.138. The van der Waals surface area contributed by atoms with Gasteiger partial charge >= 0.3 is 0 Å². The molecular formula is C16H21Cl2N3O3. The Morgan fingerprint density at radius 3 is 2.62 bits per heavy atom. The maximum absolute atomic E-state index is 12.5. The molecule has 0 aliphatic carbocycles. The van der Waals surface area contributed by atoms with Gasteiger partial charge in [0.05, 0.1) is 12.5 Å². The van der Waals surface area contributed by atoms with E-state index >= 15 is 0 Å². The number of rotatable bonds is 6. The number of likely N-dealkylation sites (tertiary alicyclic amines) is 1. The van der Waals surface area contributed by atoms with Crippen molar-refractivity contribution in [3.05, 3.63) is 28.2 Å². The number of carbonyl (C=O) groups excluding carboxylic acids is 2. The molecule has 0 aromatic heterocycles. The van der Waals surface area contributed by atoms with Gasteiger partial charge in [-0.1, -0.05) is 23.2 Å². The van der Waals surface area contributed by atoms with Gasteiger partial charge in [-0.3, -0.25) is 9.59 Å². The lowest BCUT2D eigenvalue weighted by Gasteiger charge is -2.25. The van der Waals surface area contributed by atoms with Crippen LogP contribution in [0.2, 0.25) is 10.0 Å². The lowest BCUT2D eigenvalue weighted by atomic mass is 10.1. The number of carbonyl (C=O) groups is 2. The Morgan fingerprint density at radius 2 is 2.04 bits per heavy atom. The van der Waals surface area contributed by atoms with Crippen LogP contribution in [0.4, 0.5) is 5.69 Å². The van der Waals surface area contributed by atoms with Crippen LogP contribution in [0.5, 0.6) is 0 Å². The summed E-state index contributed by atoms with van der Waals surface area (Å²) in [5.41, 5.74) is 6.06. The Kier molecular flexibility index (Phi) is 6.86. The fourth-order valence-corrected chi connectivity index (χ4v) is 3.29. The number of halogens is 2. The Labute approximate surface area is 151 Å². The van der Waals surface area contributed by atoms with E-state index in [4.69, 9.17) is 33.7 Å². The third-order valence-corrected chi connectivity index (χ3v) is 4.44. The van der Waals surface area contributed by atoms with E-state index in [9.17, 15) is 9.59 Å². The largest absolute Gasteiger partial charge is 0.380 e.